The van der Waals surface area contributed by atoms with Crippen molar-refractivity contribution < 1.29 is 14.3 Å². The normalized spacial score (nSPS) is 10.5. The molecule has 2 aromatic heterocycles. The third-order valence-corrected chi connectivity index (χ3v) is 3.96. The molecule has 1 aromatic carbocycles. The summed E-state index contributed by atoms with van der Waals surface area (Å²) in [6, 6.07) is 13.1. The van der Waals surface area contributed by atoms with E-state index < -0.39 is 11.8 Å². The lowest BCUT2D eigenvalue weighted by atomic mass is 10.1. The van der Waals surface area contributed by atoms with Crippen LogP contribution < -0.4 is 15.6 Å². The molecular formula is C19H20N4O3. The first kappa shape index (κ1) is 17.5. The average molecular weight is 352 g/mol. The van der Waals surface area contributed by atoms with Gasteiger partial charge in [-0.1, -0.05) is 31.2 Å². The van der Waals surface area contributed by atoms with E-state index in [1.54, 1.807) is 12.3 Å². The summed E-state index contributed by atoms with van der Waals surface area (Å²) >= 11 is 0. The second-order valence-corrected chi connectivity index (χ2v) is 5.77. The van der Waals surface area contributed by atoms with Crippen LogP contribution in [-0.2, 0) is 11.2 Å². The second-order valence-electron chi connectivity index (χ2n) is 5.77. The van der Waals surface area contributed by atoms with Crippen molar-refractivity contribution in [3.8, 4) is 5.75 Å². The first-order valence-electron chi connectivity index (χ1n) is 8.33. The molecule has 0 spiro atoms. The maximum Gasteiger partial charge on any atom is 0.289 e. The van der Waals surface area contributed by atoms with Gasteiger partial charge in [-0.2, -0.15) is 0 Å². The van der Waals surface area contributed by atoms with Crippen molar-refractivity contribution in [3.05, 3.63) is 65.6 Å². The minimum atomic E-state index is -0.490. The van der Waals surface area contributed by atoms with E-state index in [1.807, 2.05) is 54.6 Å². The summed E-state index contributed by atoms with van der Waals surface area (Å²) in [6.45, 7) is 3.74. The predicted molar refractivity (Wildman–Crippen MR) is 96.9 cm³/mol. The average Bonchev–Trinajstić information content (AvgIpc) is 3.10. The molecule has 0 aliphatic rings. The van der Waals surface area contributed by atoms with Gasteiger partial charge in [0.1, 0.15) is 17.1 Å². The Balaban J connectivity index is 1.55. The number of aryl methyl sites for hydroxylation is 2. The van der Waals surface area contributed by atoms with Crippen molar-refractivity contribution in [1.82, 2.24) is 20.2 Å². The summed E-state index contributed by atoms with van der Waals surface area (Å²) in [5.41, 5.74) is 7.55. The van der Waals surface area contributed by atoms with Gasteiger partial charge in [0.05, 0.1) is 0 Å². The Hall–Kier alpha value is -3.35. The Kier molecular flexibility index (Phi) is 5.17. The summed E-state index contributed by atoms with van der Waals surface area (Å²) in [6.07, 6.45) is 2.43. The number of imidazole rings is 1. The van der Waals surface area contributed by atoms with E-state index >= 15 is 0 Å². The monoisotopic (exact) mass is 352 g/mol. The summed E-state index contributed by atoms with van der Waals surface area (Å²) in [5.74, 6) is -0.285. The lowest BCUT2D eigenvalue weighted by Gasteiger charge is -2.10. The molecule has 3 aromatic rings. The van der Waals surface area contributed by atoms with Crippen molar-refractivity contribution in [1.29, 1.82) is 0 Å². The summed E-state index contributed by atoms with van der Waals surface area (Å²) in [7, 11) is 0. The molecule has 0 aliphatic heterocycles. The second kappa shape index (κ2) is 7.69. The van der Waals surface area contributed by atoms with Crippen LogP contribution in [0.2, 0.25) is 0 Å². The van der Waals surface area contributed by atoms with Crippen molar-refractivity contribution >= 4 is 17.5 Å². The number of aromatic nitrogens is 2. The number of nitrogens with zero attached hydrogens (tertiary/aromatic N) is 2. The molecule has 0 atom stereocenters. The van der Waals surface area contributed by atoms with Crippen molar-refractivity contribution in [2.45, 2.75) is 20.3 Å². The molecule has 2 heterocycles. The van der Waals surface area contributed by atoms with Crippen LogP contribution in [0.3, 0.4) is 0 Å². The van der Waals surface area contributed by atoms with E-state index in [0.29, 0.717) is 11.4 Å². The maximum absolute atomic E-state index is 12.2. The minimum absolute atomic E-state index is 0.193. The van der Waals surface area contributed by atoms with Crippen molar-refractivity contribution in [3.63, 3.8) is 0 Å². The molecule has 0 bridgehead atoms. The number of benzene rings is 1. The van der Waals surface area contributed by atoms with E-state index in [4.69, 9.17) is 4.74 Å². The molecule has 134 valence electrons. The van der Waals surface area contributed by atoms with Gasteiger partial charge in [0.25, 0.3) is 11.8 Å². The van der Waals surface area contributed by atoms with Crippen molar-refractivity contribution in [2.75, 3.05) is 6.61 Å². The minimum Gasteiger partial charge on any atom is -0.483 e. The molecule has 0 unspecified atom stereocenters. The highest BCUT2D eigenvalue weighted by Gasteiger charge is 2.13. The molecule has 7 nitrogen and oxygen atoms in total. The summed E-state index contributed by atoms with van der Waals surface area (Å²) in [5, 5.41) is 0. The summed E-state index contributed by atoms with van der Waals surface area (Å²) < 4.78 is 7.32. The van der Waals surface area contributed by atoms with Gasteiger partial charge in [0, 0.05) is 11.9 Å². The van der Waals surface area contributed by atoms with Crippen LogP contribution in [0, 0.1) is 6.92 Å². The van der Waals surface area contributed by atoms with Crippen LogP contribution in [0.4, 0.5) is 0 Å². The predicted octanol–water partition coefficient (Wildman–Crippen LogP) is 2.05. The summed E-state index contributed by atoms with van der Waals surface area (Å²) in [4.78, 5) is 28.3. The topological polar surface area (TPSA) is 84.7 Å². The molecule has 2 N–H and O–H groups in total. The lowest BCUT2D eigenvalue weighted by Crippen LogP contribution is -2.44. The molecule has 0 radical (unpaired) electrons. The Labute approximate surface area is 151 Å². The van der Waals surface area contributed by atoms with Gasteiger partial charge in [0.2, 0.25) is 0 Å². The number of nitrogens with one attached hydrogen (secondary N) is 2. The number of rotatable bonds is 5. The third-order valence-electron chi connectivity index (χ3n) is 3.96. The zero-order chi connectivity index (χ0) is 18.5. The highest BCUT2D eigenvalue weighted by molar-refractivity contribution is 5.94. The number of fused-ring (bicyclic) bond motifs is 1. The molecule has 26 heavy (non-hydrogen) atoms. The number of para-hydroxylation sites is 1. The first-order valence-corrected chi connectivity index (χ1v) is 8.33. The molecular weight excluding hydrogens is 332 g/mol. The fourth-order valence-corrected chi connectivity index (χ4v) is 2.56. The van der Waals surface area contributed by atoms with Crippen molar-refractivity contribution in [2.24, 2.45) is 0 Å². The molecule has 0 saturated heterocycles. The van der Waals surface area contributed by atoms with E-state index in [9.17, 15) is 9.59 Å². The Bertz CT molecular complexity index is 949. The number of pyridine rings is 1. The van der Waals surface area contributed by atoms with Gasteiger partial charge in [-0.3, -0.25) is 20.4 Å². The zero-order valence-corrected chi connectivity index (χ0v) is 14.7. The maximum atomic E-state index is 12.2. The van der Waals surface area contributed by atoms with E-state index in [2.05, 4.69) is 15.8 Å². The Morgan fingerprint density at radius 2 is 1.92 bits per heavy atom. The van der Waals surface area contributed by atoms with Gasteiger partial charge < -0.3 is 9.14 Å². The number of carbonyl (C=O) groups excluding carboxylic acids is 2. The van der Waals surface area contributed by atoms with Crippen LogP contribution in [0.5, 0.6) is 5.75 Å². The Morgan fingerprint density at radius 3 is 2.69 bits per heavy atom. The molecule has 7 heteroatoms. The van der Waals surface area contributed by atoms with E-state index in [0.717, 1.165) is 17.7 Å². The Morgan fingerprint density at radius 1 is 1.12 bits per heavy atom. The first-order chi connectivity index (χ1) is 12.6. The van der Waals surface area contributed by atoms with Crippen LogP contribution in [0.1, 0.15) is 28.7 Å². The van der Waals surface area contributed by atoms with Gasteiger partial charge in [-0.25, -0.2) is 4.98 Å². The van der Waals surface area contributed by atoms with Gasteiger partial charge in [-0.15, -0.1) is 0 Å². The van der Waals surface area contributed by atoms with Crippen LogP contribution in [0.15, 0.2) is 48.7 Å². The molecule has 0 aliphatic carbocycles. The molecule has 3 rings (SSSR count). The standard InChI is InChI=1S/C19H20N4O3/c1-3-14-8-4-5-9-16(14)26-12-18(24)21-22-19(25)15-11-23-13(2)7-6-10-17(23)20-15/h4-11H,3,12H2,1-2H3,(H,21,24)(H,22,25). The quantitative estimate of drug-likeness (QED) is 0.688. The fraction of sp³-hybridized carbons (Fsp3) is 0.211. The third kappa shape index (κ3) is 3.83. The number of hydrogen-bond donors (Lipinski definition) is 2. The van der Waals surface area contributed by atoms with Crippen LogP contribution in [0.25, 0.3) is 5.65 Å². The van der Waals surface area contributed by atoms with Gasteiger partial charge >= 0.3 is 0 Å². The number of ether oxygens (including phenoxy) is 1. The smallest absolute Gasteiger partial charge is 0.289 e. The highest BCUT2D eigenvalue weighted by atomic mass is 16.5. The molecule has 0 fully saturated rings. The number of carbonyl (C=O) groups is 2. The lowest BCUT2D eigenvalue weighted by molar-refractivity contribution is -0.123. The molecule has 2 amide bonds. The number of hydrazine groups is 1. The number of hydrogen-bond acceptors (Lipinski definition) is 4. The zero-order valence-electron chi connectivity index (χ0n) is 14.7. The van der Waals surface area contributed by atoms with Gasteiger partial charge in [0.15, 0.2) is 6.61 Å². The number of amides is 2. The largest absolute Gasteiger partial charge is 0.483 e. The van der Waals surface area contributed by atoms with Gasteiger partial charge in [-0.05, 0) is 37.1 Å². The highest BCUT2D eigenvalue weighted by Crippen LogP contribution is 2.17. The van der Waals surface area contributed by atoms with Crippen LogP contribution in [-0.4, -0.2) is 27.8 Å². The van der Waals surface area contributed by atoms with E-state index in [-0.39, 0.29) is 12.3 Å². The fourth-order valence-electron chi connectivity index (χ4n) is 2.56. The molecule has 0 saturated carbocycles. The SMILES string of the molecule is CCc1ccccc1OCC(=O)NNC(=O)c1cn2c(C)cccc2n1. The van der Waals surface area contributed by atoms with Crippen LogP contribution >= 0.6 is 0 Å². The van der Waals surface area contributed by atoms with E-state index in [1.165, 1.54) is 0 Å².